The van der Waals surface area contributed by atoms with Gasteiger partial charge in [0.05, 0.1) is 6.20 Å². The van der Waals surface area contributed by atoms with Crippen LogP contribution in [0.15, 0.2) is 6.20 Å². The molecule has 0 aliphatic rings. The maximum Gasteiger partial charge on any atom is 0.0540 e. The van der Waals surface area contributed by atoms with E-state index in [1.54, 1.807) is 0 Å². The van der Waals surface area contributed by atoms with Crippen LogP contribution >= 0.6 is 0 Å². The van der Waals surface area contributed by atoms with Crippen LogP contribution in [0.5, 0.6) is 0 Å². The van der Waals surface area contributed by atoms with Gasteiger partial charge in [-0.25, -0.2) is 0 Å². The van der Waals surface area contributed by atoms with Crippen molar-refractivity contribution in [2.24, 2.45) is 18.7 Å². The van der Waals surface area contributed by atoms with Crippen LogP contribution in [-0.4, -0.2) is 9.78 Å². The van der Waals surface area contributed by atoms with Crippen LogP contribution in [-0.2, 0) is 7.05 Å². The predicted octanol–water partition coefficient (Wildman–Crippen LogP) is 1.77. The number of nitrogens with zero attached hydrogens (tertiary/aromatic N) is 2. The van der Waals surface area contributed by atoms with Gasteiger partial charge < -0.3 is 5.73 Å². The molecule has 1 aromatic heterocycles. The molecule has 1 heterocycles. The van der Waals surface area contributed by atoms with Crippen molar-refractivity contribution in [1.82, 2.24) is 9.78 Å². The highest BCUT2D eigenvalue weighted by Crippen LogP contribution is 2.20. The van der Waals surface area contributed by atoms with E-state index >= 15 is 0 Å². The zero-order valence-corrected chi connectivity index (χ0v) is 8.91. The molecule has 1 rings (SSSR count). The third kappa shape index (κ3) is 2.31. The summed E-state index contributed by atoms with van der Waals surface area (Å²) in [5.41, 5.74) is 8.41. The summed E-state index contributed by atoms with van der Waals surface area (Å²) in [5.74, 6) is 0.634. The van der Waals surface area contributed by atoms with Gasteiger partial charge in [-0.2, -0.15) is 5.10 Å². The van der Waals surface area contributed by atoms with Gasteiger partial charge in [-0.1, -0.05) is 13.8 Å². The Kier molecular flexibility index (Phi) is 3.09. The molecule has 1 unspecified atom stereocenters. The van der Waals surface area contributed by atoms with E-state index in [0.29, 0.717) is 5.92 Å². The molecule has 0 aliphatic carbocycles. The van der Waals surface area contributed by atoms with Gasteiger partial charge >= 0.3 is 0 Å². The summed E-state index contributed by atoms with van der Waals surface area (Å²) in [6.07, 6.45) is 2.90. The first-order valence-corrected chi connectivity index (χ1v) is 4.76. The lowest BCUT2D eigenvalue weighted by atomic mass is 9.99. The van der Waals surface area contributed by atoms with E-state index in [0.717, 1.165) is 6.42 Å². The van der Waals surface area contributed by atoms with Crippen molar-refractivity contribution < 1.29 is 0 Å². The molecule has 3 heteroatoms. The van der Waals surface area contributed by atoms with Crippen molar-refractivity contribution in [3.05, 3.63) is 17.5 Å². The first-order chi connectivity index (χ1) is 6.02. The van der Waals surface area contributed by atoms with E-state index in [9.17, 15) is 0 Å². The van der Waals surface area contributed by atoms with E-state index < -0.39 is 0 Å². The summed E-state index contributed by atoms with van der Waals surface area (Å²) in [5, 5.41) is 4.18. The number of aryl methyl sites for hydroxylation is 1. The lowest BCUT2D eigenvalue weighted by Gasteiger charge is -2.13. The molecule has 0 bridgehead atoms. The fraction of sp³-hybridized carbons (Fsp3) is 0.700. The minimum atomic E-state index is 0.133. The fourth-order valence-corrected chi connectivity index (χ4v) is 1.51. The molecule has 1 aromatic rings. The van der Waals surface area contributed by atoms with E-state index in [-0.39, 0.29) is 6.04 Å². The van der Waals surface area contributed by atoms with E-state index in [1.165, 1.54) is 11.3 Å². The summed E-state index contributed by atoms with van der Waals surface area (Å²) in [7, 11) is 1.95. The highest BCUT2D eigenvalue weighted by atomic mass is 15.3. The fourth-order valence-electron chi connectivity index (χ4n) is 1.51. The molecule has 13 heavy (non-hydrogen) atoms. The number of hydrogen-bond acceptors (Lipinski definition) is 2. The number of rotatable bonds is 3. The Labute approximate surface area is 79.9 Å². The SMILES string of the molecule is Cc1c(C(N)CC(C)C)cnn1C. The highest BCUT2D eigenvalue weighted by molar-refractivity contribution is 5.19. The lowest BCUT2D eigenvalue weighted by Crippen LogP contribution is -2.13. The first-order valence-electron chi connectivity index (χ1n) is 4.76. The Balaban J connectivity index is 2.76. The van der Waals surface area contributed by atoms with Gasteiger partial charge in [0.15, 0.2) is 0 Å². The Hall–Kier alpha value is -0.830. The first kappa shape index (κ1) is 10.3. The van der Waals surface area contributed by atoms with E-state index in [2.05, 4.69) is 25.9 Å². The van der Waals surface area contributed by atoms with Crippen molar-refractivity contribution in [1.29, 1.82) is 0 Å². The van der Waals surface area contributed by atoms with Crippen LogP contribution < -0.4 is 5.73 Å². The van der Waals surface area contributed by atoms with Crippen molar-refractivity contribution in [2.75, 3.05) is 0 Å². The average Bonchev–Trinajstić information content (AvgIpc) is 2.31. The molecule has 0 radical (unpaired) electrons. The molecule has 0 saturated heterocycles. The molecular formula is C10H19N3. The second-order valence-corrected chi connectivity index (χ2v) is 4.04. The van der Waals surface area contributed by atoms with Crippen molar-refractivity contribution in [2.45, 2.75) is 33.2 Å². The normalized spacial score (nSPS) is 13.7. The van der Waals surface area contributed by atoms with Gasteiger partial charge in [-0.05, 0) is 19.3 Å². The Morgan fingerprint density at radius 1 is 1.54 bits per heavy atom. The Morgan fingerprint density at radius 3 is 2.54 bits per heavy atom. The number of aromatic nitrogens is 2. The quantitative estimate of drug-likeness (QED) is 0.772. The summed E-state index contributed by atoms with van der Waals surface area (Å²) in [6, 6.07) is 0.133. The summed E-state index contributed by atoms with van der Waals surface area (Å²) in [4.78, 5) is 0. The third-order valence-electron chi connectivity index (χ3n) is 2.40. The standard InChI is InChI=1S/C10H19N3/c1-7(2)5-10(11)9-6-12-13(4)8(9)3/h6-7,10H,5,11H2,1-4H3. The predicted molar refractivity (Wildman–Crippen MR) is 54.3 cm³/mol. The number of hydrogen-bond donors (Lipinski definition) is 1. The monoisotopic (exact) mass is 181 g/mol. The Bertz CT molecular complexity index is 276. The van der Waals surface area contributed by atoms with Gasteiger partial charge in [0.1, 0.15) is 0 Å². The molecule has 0 saturated carbocycles. The molecule has 1 atom stereocenters. The molecule has 0 spiro atoms. The maximum absolute atomic E-state index is 6.06. The minimum absolute atomic E-state index is 0.133. The van der Waals surface area contributed by atoms with Crippen molar-refractivity contribution in [3.8, 4) is 0 Å². The zero-order chi connectivity index (χ0) is 10.0. The molecule has 74 valence electrons. The second kappa shape index (κ2) is 3.92. The third-order valence-corrected chi connectivity index (χ3v) is 2.40. The van der Waals surface area contributed by atoms with Crippen LogP contribution in [0.4, 0.5) is 0 Å². The minimum Gasteiger partial charge on any atom is -0.324 e. The van der Waals surface area contributed by atoms with Crippen LogP contribution in [0.2, 0.25) is 0 Å². The van der Waals surface area contributed by atoms with Crippen LogP contribution in [0.25, 0.3) is 0 Å². The van der Waals surface area contributed by atoms with Crippen molar-refractivity contribution in [3.63, 3.8) is 0 Å². The molecular weight excluding hydrogens is 162 g/mol. The Morgan fingerprint density at radius 2 is 2.15 bits per heavy atom. The topological polar surface area (TPSA) is 43.8 Å². The second-order valence-electron chi connectivity index (χ2n) is 4.04. The summed E-state index contributed by atoms with van der Waals surface area (Å²) in [6.45, 7) is 6.43. The largest absolute Gasteiger partial charge is 0.324 e. The molecule has 0 amide bonds. The molecule has 0 aliphatic heterocycles. The van der Waals surface area contributed by atoms with Gasteiger partial charge in [-0.15, -0.1) is 0 Å². The maximum atomic E-state index is 6.06. The molecule has 0 aromatic carbocycles. The van der Waals surface area contributed by atoms with Gasteiger partial charge in [0.2, 0.25) is 0 Å². The highest BCUT2D eigenvalue weighted by Gasteiger charge is 2.13. The summed E-state index contributed by atoms with van der Waals surface area (Å²) < 4.78 is 1.87. The molecule has 2 N–H and O–H groups in total. The number of nitrogens with two attached hydrogens (primary N) is 1. The molecule has 3 nitrogen and oxygen atoms in total. The lowest BCUT2D eigenvalue weighted by molar-refractivity contribution is 0.508. The van der Waals surface area contributed by atoms with Crippen LogP contribution in [0.1, 0.15) is 37.6 Å². The molecule has 0 fully saturated rings. The van der Waals surface area contributed by atoms with Gasteiger partial charge in [0, 0.05) is 24.3 Å². The van der Waals surface area contributed by atoms with Gasteiger partial charge in [0.25, 0.3) is 0 Å². The summed E-state index contributed by atoms with van der Waals surface area (Å²) >= 11 is 0. The smallest absolute Gasteiger partial charge is 0.0540 e. The van der Waals surface area contributed by atoms with Crippen LogP contribution in [0, 0.1) is 12.8 Å². The van der Waals surface area contributed by atoms with E-state index in [1.807, 2.05) is 17.9 Å². The van der Waals surface area contributed by atoms with E-state index in [4.69, 9.17) is 5.73 Å². The van der Waals surface area contributed by atoms with Crippen molar-refractivity contribution >= 4 is 0 Å². The van der Waals surface area contributed by atoms with Crippen LogP contribution in [0.3, 0.4) is 0 Å². The van der Waals surface area contributed by atoms with Gasteiger partial charge in [-0.3, -0.25) is 4.68 Å². The average molecular weight is 181 g/mol. The zero-order valence-electron chi connectivity index (χ0n) is 8.91.